The largest absolute Gasteiger partial charge is 0.493 e. The third kappa shape index (κ3) is 4.80. The number of ether oxygens (including phenoxy) is 1. The van der Waals surface area contributed by atoms with Gasteiger partial charge in [-0.25, -0.2) is 0 Å². The van der Waals surface area contributed by atoms with E-state index in [0.29, 0.717) is 18.8 Å². The summed E-state index contributed by atoms with van der Waals surface area (Å²) in [5, 5.41) is 2.05. The minimum atomic E-state index is -3.59. The van der Waals surface area contributed by atoms with Crippen molar-refractivity contribution in [1.82, 2.24) is 0 Å². The lowest BCUT2D eigenvalue weighted by Gasteiger charge is -2.10. The molecule has 1 aromatic carbocycles. The number of hydrogen-bond acceptors (Lipinski definition) is 5. The number of hydrogen-bond donors (Lipinski definition) is 1. The second kappa shape index (κ2) is 6.64. The van der Waals surface area contributed by atoms with Crippen LogP contribution in [0.4, 0.5) is 0 Å². The second-order valence-electron chi connectivity index (χ2n) is 4.55. The molecule has 7 heteroatoms. The third-order valence-electron chi connectivity index (χ3n) is 2.77. The van der Waals surface area contributed by atoms with E-state index in [2.05, 4.69) is 0 Å². The Morgan fingerprint density at radius 2 is 2.00 bits per heavy atom. The van der Waals surface area contributed by atoms with Crippen LogP contribution in [0.25, 0.3) is 0 Å². The fourth-order valence-corrected chi connectivity index (χ4v) is 2.34. The van der Waals surface area contributed by atoms with Gasteiger partial charge in [-0.05, 0) is 30.3 Å². The summed E-state index contributed by atoms with van der Waals surface area (Å²) in [6.45, 7) is 1.38. The zero-order valence-electron chi connectivity index (χ0n) is 11.9. The maximum absolute atomic E-state index is 11.3. The first-order chi connectivity index (χ1) is 9.98. The first kappa shape index (κ1) is 15.4. The molecule has 1 aromatic heterocycles. The lowest BCUT2D eigenvalue weighted by atomic mass is 10.2. The molecule has 114 valence electrons. The fourth-order valence-electron chi connectivity index (χ4n) is 1.89. The quantitative estimate of drug-likeness (QED) is 0.768. The molecule has 0 spiro atoms. The highest BCUT2D eigenvalue weighted by atomic mass is 32.2. The predicted octanol–water partition coefficient (Wildman–Crippen LogP) is 0.890. The van der Waals surface area contributed by atoms with Gasteiger partial charge in [0.2, 0.25) is 0 Å². The van der Waals surface area contributed by atoms with Crippen LogP contribution >= 0.6 is 0 Å². The van der Waals surface area contributed by atoms with Crippen LogP contribution in [0, 0.1) is 0 Å². The van der Waals surface area contributed by atoms with Crippen LogP contribution in [0.5, 0.6) is 11.5 Å². The van der Waals surface area contributed by atoms with E-state index in [1.54, 1.807) is 18.4 Å². The van der Waals surface area contributed by atoms with Gasteiger partial charge in [-0.1, -0.05) is 0 Å². The zero-order chi connectivity index (χ0) is 15.3. The molecule has 0 amide bonds. The number of benzene rings is 1. The minimum absolute atomic E-state index is 0.198. The second-order valence-corrected chi connectivity index (χ2v) is 6.12. The summed E-state index contributed by atoms with van der Waals surface area (Å²) in [5.74, 6) is 1.47. The van der Waals surface area contributed by atoms with Crippen LogP contribution < -0.4 is 14.2 Å². The van der Waals surface area contributed by atoms with Gasteiger partial charge in [-0.15, -0.1) is 0 Å². The molecule has 0 bridgehead atoms. The molecular weight excluding hydrogens is 294 g/mol. The SMILES string of the molecule is COc1ccc(C[NH2+]Cc2ccco2)cc1OS(C)(=O)=O. The molecule has 2 rings (SSSR count). The average Bonchev–Trinajstić information content (AvgIpc) is 2.90. The molecule has 0 radical (unpaired) electrons. The van der Waals surface area contributed by atoms with Gasteiger partial charge in [0, 0.05) is 5.56 Å². The number of nitrogens with two attached hydrogens (primary N) is 1. The molecule has 2 aromatic rings. The van der Waals surface area contributed by atoms with Crippen LogP contribution in [-0.2, 0) is 23.2 Å². The Bertz CT molecular complexity index is 679. The first-order valence-electron chi connectivity index (χ1n) is 6.38. The van der Waals surface area contributed by atoms with Crippen LogP contribution in [-0.4, -0.2) is 21.8 Å². The molecule has 0 saturated carbocycles. The van der Waals surface area contributed by atoms with E-state index in [1.165, 1.54) is 7.11 Å². The maximum atomic E-state index is 11.3. The molecule has 0 atom stereocenters. The van der Waals surface area contributed by atoms with Gasteiger partial charge < -0.3 is 18.7 Å². The van der Waals surface area contributed by atoms with Gasteiger partial charge in [-0.3, -0.25) is 0 Å². The maximum Gasteiger partial charge on any atom is 0.306 e. The van der Waals surface area contributed by atoms with Gasteiger partial charge in [0.05, 0.1) is 19.6 Å². The average molecular weight is 312 g/mol. The van der Waals surface area contributed by atoms with Gasteiger partial charge in [-0.2, -0.15) is 8.42 Å². The van der Waals surface area contributed by atoms with Crippen LogP contribution in [0.3, 0.4) is 0 Å². The number of quaternary nitrogens is 1. The van der Waals surface area contributed by atoms with Crippen molar-refractivity contribution in [2.24, 2.45) is 0 Å². The van der Waals surface area contributed by atoms with Crippen molar-refractivity contribution >= 4 is 10.1 Å². The molecule has 0 fully saturated rings. The predicted molar refractivity (Wildman–Crippen MR) is 76.5 cm³/mol. The first-order valence-corrected chi connectivity index (χ1v) is 8.20. The molecule has 1 heterocycles. The van der Waals surface area contributed by atoms with Gasteiger partial charge in [0.1, 0.15) is 13.1 Å². The monoisotopic (exact) mass is 312 g/mol. The van der Waals surface area contributed by atoms with E-state index in [-0.39, 0.29) is 5.75 Å². The van der Waals surface area contributed by atoms with Gasteiger partial charge in [0.25, 0.3) is 0 Å². The molecule has 0 unspecified atom stereocenters. The molecule has 0 aliphatic rings. The van der Waals surface area contributed by atoms with Crippen molar-refractivity contribution in [2.45, 2.75) is 13.1 Å². The zero-order valence-corrected chi connectivity index (χ0v) is 12.7. The molecule has 21 heavy (non-hydrogen) atoms. The number of furan rings is 1. The van der Waals surface area contributed by atoms with E-state index in [9.17, 15) is 8.42 Å². The lowest BCUT2D eigenvalue weighted by Crippen LogP contribution is -2.80. The number of methoxy groups -OCH3 is 1. The van der Waals surface area contributed by atoms with E-state index in [1.807, 2.05) is 23.5 Å². The van der Waals surface area contributed by atoms with Crippen molar-refractivity contribution in [3.63, 3.8) is 0 Å². The Kier molecular flexibility index (Phi) is 4.87. The molecule has 0 saturated heterocycles. The van der Waals surface area contributed by atoms with Crippen molar-refractivity contribution < 1.29 is 27.1 Å². The summed E-state index contributed by atoms with van der Waals surface area (Å²) < 4.78 is 37.8. The summed E-state index contributed by atoms with van der Waals surface area (Å²) >= 11 is 0. The highest BCUT2D eigenvalue weighted by Gasteiger charge is 2.12. The molecular formula is C14H18NO5S+. The van der Waals surface area contributed by atoms with E-state index >= 15 is 0 Å². The molecule has 0 aliphatic carbocycles. The topological polar surface area (TPSA) is 82.3 Å². The van der Waals surface area contributed by atoms with Gasteiger partial charge in [0.15, 0.2) is 17.3 Å². The normalized spacial score (nSPS) is 11.3. The lowest BCUT2D eigenvalue weighted by molar-refractivity contribution is -0.688. The van der Waals surface area contributed by atoms with Crippen LogP contribution in [0.15, 0.2) is 41.0 Å². The van der Waals surface area contributed by atoms with E-state index in [0.717, 1.165) is 17.6 Å². The van der Waals surface area contributed by atoms with Crippen molar-refractivity contribution in [3.8, 4) is 11.5 Å². The summed E-state index contributed by atoms with van der Waals surface area (Å²) in [6.07, 6.45) is 2.64. The Balaban J connectivity index is 2.04. The van der Waals surface area contributed by atoms with Crippen molar-refractivity contribution in [2.75, 3.05) is 13.4 Å². The smallest absolute Gasteiger partial charge is 0.306 e. The van der Waals surface area contributed by atoms with E-state index < -0.39 is 10.1 Å². The Labute approximate surface area is 123 Å². The van der Waals surface area contributed by atoms with Crippen LogP contribution in [0.2, 0.25) is 0 Å². The van der Waals surface area contributed by atoms with E-state index in [4.69, 9.17) is 13.3 Å². The molecule has 2 N–H and O–H groups in total. The van der Waals surface area contributed by atoms with Gasteiger partial charge >= 0.3 is 10.1 Å². The fraction of sp³-hybridized carbons (Fsp3) is 0.286. The summed E-state index contributed by atoms with van der Waals surface area (Å²) in [7, 11) is -2.12. The van der Waals surface area contributed by atoms with Crippen LogP contribution in [0.1, 0.15) is 11.3 Å². The third-order valence-corrected chi connectivity index (χ3v) is 3.26. The van der Waals surface area contributed by atoms with Crippen molar-refractivity contribution in [1.29, 1.82) is 0 Å². The Morgan fingerprint density at radius 1 is 1.19 bits per heavy atom. The number of rotatable bonds is 7. The Hall–Kier alpha value is -1.99. The summed E-state index contributed by atoms with van der Waals surface area (Å²) in [6, 6.07) is 8.97. The summed E-state index contributed by atoms with van der Waals surface area (Å²) in [4.78, 5) is 0. The summed E-state index contributed by atoms with van der Waals surface area (Å²) in [5.41, 5.74) is 0.931. The highest BCUT2D eigenvalue weighted by molar-refractivity contribution is 7.86. The standard InChI is InChI=1S/C14H17NO5S/c1-18-13-6-5-11(8-14(13)20-21(2,16)17)9-15-10-12-4-3-7-19-12/h3-8,15H,9-10H2,1-2H3/p+1. The van der Waals surface area contributed by atoms with Crippen molar-refractivity contribution in [3.05, 3.63) is 47.9 Å². The molecule has 0 aliphatic heterocycles. The highest BCUT2D eigenvalue weighted by Crippen LogP contribution is 2.28. The molecule has 6 nitrogen and oxygen atoms in total. The Morgan fingerprint density at radius 3 is 2.62 bits per heavy atom. The minimum Gasteiger partial charge on any atom is -0.493 e.